The number of halogens is 1. The van der Waals surface area contributed by atoms with E-state index < -0.39 is 5.91 Å². The van der Waals surface area contributed by atoms with Crippen molar-refractivity contribution in [1.29, 1.82) is 0 Å². The molecule has 0 radical (unpaired) electrons. The molecule has 0 aliphatic carbocycles. The van der Waals surface area contributed by atoms with E-state index in [9.17, 15) is 9.59 Å². The number of benzene rings is 2. The van der Waals surface area contributed by atoms with E-state index in [1.807, 2.05) is 0 Å². The molecule has 0 atom stereocenters. The second-order valence-corrected chi connectivity index (χ2v) is 6.32. The summed E-state index contributed by atoms with van der Waals surface area (Å²) >= 11 is 5.86. The van der Waals surface area contributed by atoms with Crippen molar-refractivity contribution in [3.8, 4) is 11.5 Å². The van der Waals surface area contributed by atoms with E-state index in [-0.39, 0.29) is 12.3 Å². The van der Waals surface area contributed by atoms with Gasteiger partial charge in [-0.05, 0) is 37.3 Å². The summed E-state index contributed by atoms with van der Waals surface area (Å²) < 4.78 is 10.9. The highest BCUT2D eigenvalue weighted by atomic mass is 35.5. The first-order chi connectivity index (χ1) is 13.0. The Hall–Kier alpha value is -3.06. The lowest BCUT2D eigenvalue weighted by atomic mass is 10.2. The number of hydrogen-bond acceptors (Lipinski definition) is 5. The molecule has 1 heterocycles. The first kappa shape index (κ1) is 18.7. The highest BCUT2D eigenvalue weighted by Gasteiger charge is 2.13. The number of fused-ring (bicyclic) bond motifs is 1. The second-order valence-electron chi connectivity index (χ2n) is 5.88. The van der Waals surface area contributed by atoms with Crippen LogP contribution in [0.1, 0.15) is 23.7 Å². The molecular formula is C19H18ClN3O4. The fraction of sp³-hybridized carbons (Fsp3) is 0.211. The Morgan fingerprint density at radius 3 is 2.67 bits per heavy atom. The first-order valence-corrected chi connectivity index (χ1v) is 8.67. The van der Waals surface area contributed by atoms with Gasteiger partial charge in [-0.15, -0.1) is 0 Å². The van der Waals surface area contributed by atoms with Gasteiger partial charge in [-0.1, -0.05) is 17.7 Å². The fourth-order valence-corrected chi connectivity index (χ4v) is 2.63. The van der Waals surface area contributed by atoms with Crippen molar-refractivity contribution in [1.82, 2.24) is 5.43 Å². The number of ether oxygens (including phenoxy) is 2. The minimum Gasteiger partial charge on any atom is -0.486 e. The van der Waals surface area contributed by atoms with Gasteiger partial charge >= 0.3 is 0 Å². The van der Waals surface area contributed by atoms with Crippen LogP contribution in [-0.4, -0.2) is 30.7 Å². The van der Waals surface area contributed by atoms with Crippen molar-refractivity contribution in [2.45, 2.75) is 13.3 Å². The Labute approximate surface area is 161 Å². The van der Waals surface area contributed by atoms with Gasteiger partial charge in [0.1, 0.15) is 13.2 Å². The van der Waals surface area contributed by atoms with E-state index in [0.717, 1.165) is 0 Å². The number of anilines is 1. The Balaban J connectivity index is 1.54. The zero-order valence-corrected chi connectivity index (χ0v) is 15.4. The number of nitrogens with one attached hydrogen (secondary N) is 2. The normalized spacial score (nSPS) is 13.0. The number of carbonyl (C=O) groups excluding carboxylic acids is 2. The molecule has 0 fully saturated rings. The SMILES string of the molecule is CC(CC(=O)Nc1ccc2c(c1)OCCO2)=NNC(=O)c1cccc(Cl)c1. The van der Waals surface area contributed by atoms with Crippen molar-refractivity contribution in [3.63, 3.8) is 0 Å². The maximum atomic E-state index is 12.2. The van der Waals surface area contributed by atoms with E-state index in [2.05, 4.69) is 15.8 Å². The second kappa shape index (κ2) is 8.55. The van der Waals surface area contributed by atoms with E-state index in [1.165, 1.54) is 6.07 Å². The lowest BCUT2D eigenvalue weighted by Crippen LogP contribution is -2.21. The molecule has 140 valence electrons. The summed E-state index contributed by atoms with van der Waals surface area (Å²) in [6.07, 6.45) is 0.0320. The van der Waals surface area contributed by atoms with E-state index in [4.69, 9.17) is 21.1 Å². The molecule has 1 aliphatic heterocycles. The minimum atomic E-state index is -0.399. The van der Waals surface area contributed by atoms with Crippen molar-refractivity contribution in [2.75, 3.05) is 18.5 Å². The van der Waals surface area contributed by atoms with Gasteiger partial charge in [-0.25, -0.2) is 5.43 Å². The van der Waals surface area contributed by atoms with Crippen LogP contribution in [0.25, 0.3) is 0 Å². The van der Waals surface area contributed by atoms with Crippen LogP contribution in [0.3, 0.4) is 0 Å². The van der Waals surface area contributed by atoms with Crippen molar-refractivity contribution < 1.29 is 19.1 Å². The van der Waals surface area contributed by atoms with Crippen molar-refractivity contribution in [2.24, 2.45) is 5.10 Å². The predicted octanol–water partition coefficient (Wildman–Crippen LogP) is 3.25. The smallest absolute Gasteiger partial charge is 0.271 e. The molecule has 2 amide bonds. The molecule has 0 saturated carbocycles. The summed E-state index contributed by atoms with van der Waals surface area (Å²) in [6, 6.07) is 11.7. The maximum absolute atomic E-state index is 12.2. The molecule has 27 heavy (non-hydrogen) atoms. The Morgan fingerprint density at radius 1 is 1.11 bits per heavy atom. The number of carbonyl (C=O) groups is 2. The van der Waals surface area contributed by atoms with Crippen LogP contribution in [0.2, 0.25) is 5.02 Å². The van der Waals surface area contributed by atoms with Gasteiger partial charge in [0.25, 0.3) is 5.91 Å². The van der Waals surface area contributed by atoms with Gasteiger partial charge in [0.05, 0.1) is 6.42 Å². The largest absolute Gasteiger partial charge is 0.486 e. The molecule has 0 aromatic heterocycles. The van der Waals surface area contributed by atoms with E-state index in [0.29, 0.717) is 46.7 Å². The predicted molar refractivity (Wildman–Crippen MR) is 103 cm³/mol. The number of hydrogen-bond donors (Lipinski definition) is 2. The third kappa shape index (κ3) is 5.21. The van der Waals surface area contributed by atoms with Crippen LogP contribution < -0.4 is 20.2 Å². The molecule has 0 unspecified atom stereocenters. The standard InChI is InChI=1S/C19H18ClN3O4/c1-12(22-23-19(25)13-3-2-4-14(20)10-13)9-18(24)21-15-5-6-16-17(11-15)27-8-7-26-16/h2-6,10-11H,7-9H2,1H3,(H,21,24)(H,23,25). The van der Waals surface area contributed by atoms with Crippen LogP contribution in [-0.2, 0) is 4.79 Å². The van der Waals surface area contributed by atoms with Gasteiger partial charge in [0.15, 0.2) is 11.5 Å². The van der Waals surface area contributed by atoms with E-state index >= 15 is 0 Å². The third-order valence-electron chi connectivity index (χ3n) is 3.68. The molecule has 2 N–H and O–H groups in total. The molecule has 8 heteroatoms. The summed E-state index contributed by atoms with van der Waals surface area (Å²) in [5.74, 6) is 0.591. The van der Waals surface area contributed by atoms with Crippen LogP contribution in [0.4, 0.5) is 5.69 Å². The van der Waals surface area contributed by atoms with Gasteiger partial charge in [-0.2, -0.15) is 5.10 Å². The number of amides is 2. The van der Waals surface area contributed by atoms with Crippen LogP contribution in [0.15, 0.2) is 47.6 Å². The Kier molecular flexibility index (Phi) is 5.93. The maximum Gasteiger partial charge on any atom is 0.271 e. The Morgan fingerprint density at radius 2 is 1.89 bits per heavy atom. The number of rotatable bonds is 5. The average Bonchev–Trinajstić information content (AvgIpc) is 2.66. The van der Waals surface area contributed by atoms with Crippen molar-refractivity contribution in [3.05, 3.63) is 53.1 Å². The molecule has 0 bridgehead atoms. The summed E-state index contributed by atoms with van der Waals surface area (Å²) in [6.45, 7) is 2.64. The highest BCUT2D eigenvalue weighted by Crippen LogP contribution is 2.32. The molecule has 0 spiro atoms. The molecular weight excluding hydrogens is 370 g/mol. The van der Waals surface area contributed by atoms with Gasteiger partial charge in [-0.3, -0.25) is 9.59 Å². The average molecular weight is 388 g/mol. The quantitative estimate of drug-likeness (QED) is 0.608. The molecule has 2 aromatic carbocycles. The summed E-state index contributed by atoms with van der Waals surface area (Å²) in [5.41, 5.74) is 3.85. The number of nitrogens with zero attached hydrogens (tertiary/aromatic N) is 1. The number of hydrazone groups is 1. The Bertz CT molecular complexity index is 898. The summed E-state index contributed by atoms with van der Waals surface area (Å²) in [5, 5.41) is 7.18. The van der Waals surface area contributed by atoms with Crippen LogP contribution >= 0.6 is 11.6 Å². The summed E-state index contributed by atoms with van der Waals surface area (Å²) in [4.78, 5) is 24.2. The molecule has 0 saturated heterocycles. The lowest BCUT2D eigenvalue weighted by molar-refractivity contribution is -0.115. The van der Waals surface area contributed by atoms with Crippen molar-refractivity contribution >= 4 is 34.8 Å². The summed E-state index contributed by atoms with van der Waals surface area (Å²) in [7, 11) is 0. The van der Waals surface area contributed by atoms with Crippen LogP contribution in [0, 0.1) is 0 Å². The zero-order valence-electron chi connectivity index (χ0n) is 14.6. The molecule has 3 rings (SSSR count). The molecule has 1 aliphatic rings. The lowest BCUT2D eigenvalue weighted by Gasteiger charge is -2.19. The highest BCUT2D eigenvalue weighted by molar-refractivity contribution is 6.31. The molecule has 7 nitrogen and oxygen atoms in total. The zero-order chi connectivity index (χ0) is 19.2. The molecule has 2 aromatic rings. The fourth-order valence-electron chi connectivity index (χ4n) is 2.44. The van der Waals surface area contributed by atoms with Gasteiger partial charge < -0.3 is 14.8 Å². The first-order valence-electron chi connectivity index (χ1n) is 8.30. The van der Waals surface area contributed by atoms with Crippen LogP contribution in [0.5, 0.6) is 11.5 Å². The monoisotopic (exact) mass is 387 g/mol. The van der Waals surface area contributed by atoms with Gasteiger partial charge in [0, 0.05) is 28.1 Å². The topological polar surface area (TPSA) is 89.0 Å². The minimum absolute atomic E-state index is 0.0320. The van der Waals surface area contributed by atoms with Gasteiger partial charge in [0.2, 0.25) is 5.91 Å². The van der Waals surface area contributed by atoms with E-state index in [1.54, 1.807) is 43.3 Å². The third-order valence-corrected chi connectivity index (χ3v) is 3.91.